The molecule has 82 valence electrons. The summed E-state index contributed by atoms with van der Waals surface area (Å²) in [5.41, 5.74) is 1.92. The highest BCUT2D eigenvalue weighted by molar-refractivity contribution is 5.80. The Kier molecular flexibility index (Phi) is 2.43. The van der Waals surface area contributed by atoms with Gasteiger partial charge in [-0.2, -0.15) is 0 Å². The fourth-order valence-electron chi connectivity index (χ4n) is 1.72. The van der Waals surface area contributed by atoms with Crippen LogP contribution in [0.4, 0.5) is 11.5 Å². The maximum Gasteiger partial charge on any atom is 0.153 e. The summed E-state index contributed by atoms with van der Waals surface area (Å²) in [5, 5.41) is 12.6. The van der Waals surface area contributed by atoms with Crippen LogP contribution in [0.25, 0.3) is 10.9 Å². The van der Waals surface area contributed by atoms with Gasteiger partial charge in [0.25, 0.3) is 0 Å². The third kappa shape index (κ3) is 2.08. The van der Waals surface area contributed by atoms with Crippen LogP contribution in [-0.4, -0.2) is 10.2 Å². The standard InChI is InChI=1S/C14H11N3/c1-2-7-12(8-3-1)15-14-10-11-6-4-5-9-13(11)16-17-14/h1-10H,(H,15,17). The Balaban J connectivity index is 1.96. The fraction of sp³-hybridized carbons (Fsp3) is 0. The van der Waals surface area contributed by atoms with Crippen LogP contribution in [0.2, 0.25) is 0 Å². The quantitative estimate of drug-likeness (QED) is 0.721. The van der Waals surface area contributed by atoms with Gasteiger partial charge in [0.05, 0.1) is 5.52 Å². The van der Waals surface area contributed by atoms with Crippen LogP contribution in [0.5, 0.6) is 0 Å². The minimum Gasteiger partial charge on any atom is -0.339 e. The molecule has 0 unspecified atom stereocenters. The lowest BCUT2D eigenvalue weighted by Gasteiger charge is -2.05. The second-order valence-corrected chi connectivity index (χ2v) is 3.78. The summed E-state index contributed by atoms with van der Waals surface area (Å²) < 4.78 is 0. The molecule has 1 N–H and O–H groups in total. The number of aromatic nitrogens is 2. The molecule has 0 atom stereocenters. The number of hydrogen-bond donors (Lipinski definition) is 1. The van der Waals surface area contributed by atoms with Crippen LogP contribution in [-0.2, 0) is 0 Å². The third-order valence-corrected chi connectivity index (χ3v) is 2.54. The Hall–Kier alpha value is -2.42. The number of anilines is 2. The molecule has 0 radical (unpaired) electrons. The van der Waals surface area contributed by atoms with E-state index >= 15 is 0 Å². The third-order valence-electron chi connectivity index (χ3n) is 2.54. The van der Waals surface area contributed by atoms with Crippen LogP contribution in [0.1, 0.15) is 0 Å². The summed E-state index contributed by atoms with van der Waals surface area (Å²) in [6.45, 7) is 0. The molecule has 3 nitrogen and oxygen atoms in total. The molecule has 0 aliphatic carbocycles. The van der Waals surface area contributed by atoms with Gasteiger partial charge >= 0.3 is 0 Å². The number of fused-ring (bicyclic) bond motifs is 1. The van der Waals surface area contributed by atoms with Crippen LogP contribution in [0.15, 0.2) is 60.7 Å². The maximum atomic E-state index is 4.16. The van der Waals surface area contributed by atoms with Gasteiger partial charge in [-0.05, 0) is 24.3 Å². The van der Waals surface area contributed by atoms with Gasteiger partial charge in [-0.1, -0.05) is 36.4 Å². The highest BCUT2D eigenvalue weighted by atomic mass is 15.2. The fourth-order valence-corrected chi connectivity index (χ4v) is 1.72. The van der Waals surface area contributed by atoms with Gasteiger partial charge in [0.15, 0.2) is 5.82 Å². The van der Waals surface area contributed by atoms with Crippen molar-refractivity contribution in [2.45, 2.75) is 0 Å². The zero-order valence-electron chi connectivity index (χ0n) is 9.17. The summed E-state index contributed by atoms with van der Waals surface area (Å²) in [4.78, 5) is 0. The van der Waals surface area contributed by atoms with Crippen molar-refractivity contribution in [1.29, 1.82) is 0 Å². The first-order valence-corrected chi connectivity index (χ1v) is 5.46. The van der Waals surface area contributed by atoms with Crippen molar-refractivity contribution in [3.8, 4) is 0 Å². The minimum absolute atomic E-state index is 0.759. The van der Waals surface area contributed by atoms with Crippen LogP contribution < -0.4 is 5.32 Å². The van der Waals surface area contributed by atoms with Gasteiger partial charge in [0.1, 0.15) is 0 Å². The van der Waals surface area contributed by atoms with E-state index in [0.29, 0.717) is 0 Å². The summed E-state index contributed by atoms with van der Waals surface area (Å²) in [6.07, 6.45) is 0. The second kappa shape index (κ2) is 4.22. The lowest BCUT2D eigenvalue weighted by molar-refractivity contribution is 1.08. The molecule has 0 fully saturated rings. The molecular weight excluding hydrogens is 210 g/mol. The SMILES string of the molecule is c1ccc(Nc2cc3ccccc3nn2)cc1. The molecule has 0 amide bonds. The maximum absolute atomic E-state index is 4.16. The molecule has 0 spiro atoms. The summed E-state index contributed by atoms with van der Waals surface area (Å²) in [6, 6.07) is 19.9. The van der Waals surface area contributed by atoms with Gasteiger partial charge in [0, 0.05) is 11.1 Å². The molecule has 3 rings (SSSR count). The summed E-state index contributed by atoms with van der Waals surface area (Å²) >= 11 is 0. The van der Waals surface area contributed by atoms with Crippen molar-refractivity contribution in [3.05, 3.63) is 60.7 Å². The van der Waals surface area contributed by atoms with E-state index < -0.39 is 0 Å². The summed E-state index contributed by atoms with van der Waals surface area (Å²) in [7, 11) is 0. The highest BCUT2D eigenvalue weighted by Crippen LogP contribution is 2.17. The van der Waals surface area contributed by atoms with E-state index in [2.05, 4.69) is 15.5 Å². The Bertz CT molecular complexity index is 635. The van der Waals surface area contributed by atoms with E-state index in [9.17, 15) is 0 Å². The lowest BCUT2D eigenvalue weighted by Crippen LogP contribution is -1.95. The number of rotatable bonds is 2. The largest absolute Gasteiger partial charge is 0.339 e. The van der Waals surface area contributed by atoms with E-state index in [0.717, 1.165) is 22.4 Å². The zero-order valence-corrected chi connectivity index (χ0v) is 9.17. The number of benzene rings is 2. The summed E-state index contributed by atoms with van der Waals surface area (Å²) in [5.74, 6) is 0.759. The van der Waals surface area contributed by atoms with E-state index in [1.165, 1.54) is 0 Å². The van der Waals surface area contributed by atoms with Gasteiger partial charge in [-0.15, -0.1) is 10.2 Å². The molecule has 3 heteroatoms. The average Bonchev–Trinajstić information content (AvgIpc) is 2.40. The Morgan fingerprint density at radius 3 is 2.41 bits per heavy atom. The van der Waals surface area contributed by atoms with Crippen molar-refractivity contribution < 1.29 is 0 Å². The van der Waals surface area contributed by atoms with Crippen molar-refractivity contribution in [2.24, 2.45) is 0 Å². The molecule has 0 saturated heterocycles. The molecule has 3 aromatic rings. The number of nitrogens with one attached hydrogen (secondary N) is 1. The van der Waals surface area contributed by atoms with E-state index in [1.807, 2.05) is 60.7 Å². The monoisotopic (exact) mass is 221 g/mol. The average molecular weight is 221 g/mol. The topological polar surface area (TPSA) is 37.8 Å². The Labute approximate surface area is 99.1 Å². The zero-order chi connectivity index (χ0) is 11.5. The first kappa shape index (κ1) is 9.78. The molecule has 0 bridgehead atoms. The molecule has 2 aromatic carbocycles. The number of para-hydroxylation sites is 1. The molecule has 0 aliphatic rings. The van der Waals surface area contributed by atoms with Gasteiger partial charge < -0.3 is 5.32 Å². The lowest BCUT2D eigenvalue weighted by atomic mass is 10.2. The van der Waals surface area contributed by atoms with Crippen LogP contribution >= 0.6 is 0 Å². The first-order valence-electron chi connectivity index (χ1n) is 5.46. The highest BCUT2D eigenvalue weighted by Gasteiger charge is 1.98. The van der Waals surface area contributed by atoms with Gasteiger partial charge in [-0.3, -0.25) is 0 Å². The van der Waals surface area contributed by atoms with Crippen molar-refractivity contribution in [2.75, 3.05) is 5.32 Å². The predicted molar refractivity (Wildman–Crippen MR) is 69.3 cm³/mol. The molecule has 17 heavy (non-hydrogen) atoms. The van der Waals surface area contributed by atoms with Crippen molar-refractivity contribution in [3.63, 3.8) is 0 Å². The van der Waals surface area contributed by atoms with Gasteiger partial charge in [-0.25, -0.2) is 0 Å². The van der Waals surface area contributed by atoms with Crippen LogP contribution in [0.3, 0.4) is 0 Å². The Morgan fingerprint density at radius 2 is 1.53 bits per heavy atom. The molecule has 1 aromatic heterocycles. The first-order chi connectivity index (χ1) is 8.42. The van der Waals surface area contributed by atoms with E-state index in [1.54, 1.807) is 0 Å². The van der Waals surface area contributed by atoms with Crippen LogP contribution in [0, 0.1) is 0 Å². The smallest absolute Gasteiger partial charge is 0.153 e. The molecule has 0 aliphatic heterocycles. The van der Waals surface area contributed by atoms with Gasteiger partial charge in [0.2, 0.25) is 0 Å². The number of nitrogens with zero attached hydrogens (tertiary/aromatic N) is 2. The normalized spacial score (nSPS) is 10.4. The van der Waals surface area contributed by atoms with E-state index in [4.69, 9.17) is 0 Å². The number of hydrogen-bond acceptors (Lipinski definition) is 3. The predicted octanol–water partition coefficient (Wildman–Crippen LogP) is 3.37. The minimum atomic E-state index is 0.759. The second-order valence-electron chi connectivity index (χ2n) is 3.78. The Morgan fingerprint density at radius 1 is 0.765 bits per heavy atom. The molecule has 0 saturated carbocycles. The molecular formula is C14H11N3. The molecule has 1 heterocycles. The van der Waals surface area contributed by atoms with E-state index in [-0.39, 0.29) is 0 Å². The van der Waals surface area contributed by atoms with Crippen molar-refractivity contribution in [1.82, 2.24) is 10.2 Å². The van der Waals surface area contributed by atoms with Crippen molar-refractivity contribution >= 4 is 22.4 Å².